The number of para-hydroxylation sites is 1. The Labute approximate surface area is 94.6 Å². The molecule has 0 saturated carbocycles. The Hall–Kier alpha value is -0.990. The second-order valence-corrected chi connectivity index (χ2v) is 4.04. The zero-order chi connectivity index (χ0) is 10.8. The van der Waals surface area contributed by atoms with Gasteiger partial charge in [0.25, 0.3) is 0 Å². The zero-order valence-corrected chi connectivity index (χ0v) is 9.78. The van der Waals surface area contributed by atoms with E-state index < -0.39 is 0 Å². The molecule has 80 valence electrons. The average Bonchev–Trinajstić information content (AvgIpc) is 2.58. The van der Waals surface area contributed by atoms with E-state index in [1.54, 1.807) is 0 Å². The molecule has 3 heteroatoms. The van der Waals surface area contributed by atoms with E-state index in [-0.39, 0.29) is 0 Å². The predicted molar refractivity (Wildman–Crippen MR) is 65.5 cm³/mol. The first-order chi connectivity index (χ1) is 7.27. The standard InChI is InChI=1S/C12H15ClN2/c1-3-8-9-5-4-6-10(13)12(9)15-11(8)7-14-2/h4-6,14-15H,3,7H2,1-2H3. The molecule has 0 aliphatic rings. The highest BCUT2D eigenvalue weighted by Gasteiger charge is 2.10. The van der Waals surface area contributed by atoms with Crippen LogP contribution in [0.25, 0.3) is 10.9 Å². The molecule has 0 fully saturated rings. The molecular formula is C12H15ClN2. The molecule has 0 aliphatic heterocycles. The molecular weight excluding hydrogens is 208 g/mol. The summed E-state index contributed by atoms with van der Waals surface area (Å²) >= 11 is 6.15. The van der Waals surface area contributed by atoms with Crippen LogP contribution in [0.2, 0.25) is 5.02 Å². The number of aromatic nitrogens is 1. The number of benzene rings is 1. The van der Waals surface area contributed by atoms with Crippen LogP contribution in [0, 0.1) is 0 Å². The van der Waals surface area contributed by atoms with Crippen LogP contribution in [0.15, 0.2) is 18.2 Å². The fraction of sp³-hybridized carbons (Fsp3) is 0.333. The summed E-state index contributed by atoms with van der Waals surface area (Å²) in [7, 11) is 1.95. The van der Waals surface area contributed by atoms with Gasteiger partial charge in [-0.05, 0) is 25.1 Å². The van der Waals surface area contributed by atoms with Gasteiger partial charge in [0.2, 0.25) is 0 Å². The average molecular weight is 223 g/mol. The Kier molecular flexibility index (Phi) is 2.98. The highest BCUT2D eigenvalue weighted by Crippen LogP contribution is 2.28. The van der Waals surface area contributed by atoms with Gasteiger partial charge in [0.05, 0.1) is 10.5 Å². The van der Waals surface area contributed by atoms with Crippen LogP contribution in [-0.4, -0.2) is 12.0 Å². The second kappa shape index (κ2) is 4.25. The van der Waals surface area contributed by atoms with Gasteiger partial charge in [-0.1, -0.05) is 30.7 Å². The lowest BCUT2D eigenvalue weighted by atomic mass is 10.1. The van der Waals surface area contributed by atoms with Crippen molar-refractivity contribution in [1.82, 2.24) is 10.3 Å². The Morgan fingerprint density at radius 1 is 1.40 bits per heavy atom. The maximum absolute atomic E-state index is 6.15. The summed E-state index contributed by atoms with van der Waals surface area (Å²) in [6.45, 7) is 3.02. The number of hydrogen-bond acceptors (Lipinski definition) is 1. The summed E-state index contributed by atoms with van der Waals surface area (Å²) in [6.07, 6.45) is 1.03. The normalized spacial score (nSPS) is 11.1. The summed E-state index contributed by atoms with van der Waals surface area (Å²) in [6, 6.07) is 6.04. The molecule has 2 aromatic rings. The van der Waals surface area contributed by atoms with Gasteiger partial charge in [-0.25, -0.2) is 0 Å². The summed E-state index contributed by atoms with van der Waals surface area (Å²) < 4.78 is 0. The molecule has 0 unspecified atom stereocenters. The fourth-order valence-corrected chi connectivity index (χ4v) is 2.24. The van der Waals surface area contributed by atoms with Gasteiger partial charge in [-0.15, -0.1) is 0 Å². The SMILES string of the molecule is CCc1c(CNC)[nH]c2c(Cl)cccc12. The quantitative estimate of drug-likeness (QED) is 0.821. The minimum absolute atomic E-state index is 0.796. The zero-order valence-electron chi connectivity index (χ0n) is 9.02. The minimum atomic E-state index is 0.796. The molecule has 0 saturated heterocycles. The number of halogens is 1. The number of H-pyrrole nitrogens is 1. The second-order valence-electron chi connectivity index (χ2n) is 3.63. The molecule has 0 atom stereocenters. The lowest BCUT2D eigenvalue weighted by molar-refractivity contribution is 0.788. The first-order valence-corrected chi connectivity index (χ1v) is 5.58. The number of rotatable bonds is 3. The Bertz CT molecular complexity index is 474. The van der Waals surface area contributed by atoms with E-state index in [0.29, 0.717) is 0 Å². The van der Waals surface area contributed by atoms with Gasteiger partial charge in [0.1, 0.15) is 0 Å². The van der Waals surface area contributed by atoms with Gasteiger partial charge in [0, 0.05) is 17.6 Å². The summed E-state index contributed by atoms with van der Waals surface area (Å²) in [5.74, 6) is 0. The highest BCUT2D eigenvalue weighted by atomic mass is 35.5. The number of fused-ring (bicyclic) bond motifs is 1. The van der Waals surface area contributed by atoms with E-state index in [1.807, 2.05) is 19.2 Å². The molecule has 1 aromatic carbocycles. The van der Waals surface area contributed by atoms with Crippen LogP contribution in [-0.2, 0) is 13.0 Å². The fourth-order valence-electron chi connectivity index (χ4n) is 2.02. The molecule has 0 aliphatic carbocycles. The maximum Gasteiger partial charge on any atom is 0.0648 e. The molecule has 1 aromatic heterocycles. The van der Waals surface area contributed by atoms with Gasteiger partial charge in [-0.3, -0.25) is 0 Å². The van der Waals surface area contributed by atoms with Crippen molar-refractivity contribution in [2.45, 2.75) is 19.9 Å². The topological polar surface area (TPSA) is 27.8 Å². The Morgan fingerprint density at radius 3 is 2.87 bits per heavy atom. The minimum Gasteiger partial charge on any atom is -0.356 e. The maximum atomic E-state index is 6.15. The van der Waals surface area contributed by atoms with Crippen LogP contribution < -0.4 is 5.32 Å². The molecule has 0 spiro atoms. The number of aryl methyl sites for hydroxylation is 1. The van der Waals surface area contributed by atoms with Crippen LogP contribution in [0.3, 0.4) is 0 Å². The molecule has 0 bridgehead atoms. The van der Waals surface area contributed by atoms with Crippen LogP contribution in [0.5, 0.6) is 0 Å². The lowest BCUT2D eigenvalue weighted by Gasteiger charge is -2.00. The van der Waals surface area contributed by atoms with E-state index in [9.17, 15) is 0 Å². The van der Waals surface area contributed by atoms with Crippen molar-refractivity contribution in [2.75, 3.05) is 7.05 Å². The third kappa shape index (κ3) is 1.75. The van der Waals surface area contributed by atoms with Gasteiger partial charge in [-0.2, -0.15) is 0 Å². The molecule has 2 rings (SSSR count). The summed E-state index contributed by atoms with van der Waals surface area (Å²) in [5, 5.41) is 5.21. The molecule has 2 nitrogen and oxygen atoms in total. The van der Waals surface area contributed by atoms with Crippen LogP contribution in [0.4, 0.5) is 0 Å². The van der Waals surface area contributed by atoms with Crippen LogP contribution in [0.1, 0.15) is 18.2 Å². The smallest absolute Gasteiger partial charge is 0.0648 e. The summed E-state index contributed by atoms with van der Waals surface area (Å²) in [5.41, 5.74) is 3.66. The van der Waals surface area contributed by atoms with Crippen LogP contribution >= 0.6 is 11.6 Å². The van der Waals surface area contributed by atoms with Crippen molar-refractivity contribution in [1.29, 1.82) is 0 Å². The van der Waals surface area contributed by atoms with E-state index in [4.69, 9.17) is 11.6 Å². The monoisotopic (exact) mass is 222 g/mol. The van der Waals surface area contributed by atoms with Crippen molar-refractivity contribution < 1.29 is 0 Å². The van der Waals surface area contributed by atoms with E-state index in [0.717, 1.165) is 23.5 Å². The molecule has 0 radical (unpaired) electrons. The molecule has 2 N–H and O–H groups in total. The van der Waals surface area contributed by atoms with Gasteiger partial charge < -0.3 is 10.3 Å². The third-order valence-electron chi connectivity index (χ3n) is 2.69. The number of aromatic amines is 1. The number of hydrogen-bond donors (Lipinski definition) is 2. The van der Waals surface area contributed by atoms with Crippen molar-refractivity contribution in [2.24, 2.45) is 0 Å². The largest absolute Gasteiger partial charge is 0.356 e. The summed E-state index contributed by atoms with van der Waals surface area (Å²) in [4.78, 5) is 3.39. The Balaban J connectivity index is 2.67. The van der Waals surface area contributed by atoms with E-state index in [1.165, 1.54) is 16.6 Å². The van der Waals surface area contributed by atoms with Crippen molar-refractivity contribution in [3.63, 3.8) is 0 Å². The number of nitrogens with one attached hydrogen (secondary N) is 2. The molecule has 0 amide bonds. The van der Waals surface area contributed by atoms with Crippen molar-refractivity contribution in [3.05, 3.63) is 34.5 Å². The molecule has 1 heterocycles. The van der Waals surface area contributed by atoms with E-state index in [2.05, 4.69) is 23.3 Å². The first-order valence-electron chi connectivity index (χ1n) is 5.20. The van der Waals surface area contributed by atoms with Gasteiger partial charge in [0.15, 0.2) is 0 Å². The lowest BCUT2D eigenvalue weighted by Crippen LogP contribution is -2.07. The van der Waals surface area contributed by atoms with E-state index >= 15 is 0 Å². The first kappa shape index (κ1) is 10.5. The highest BCUT2D eigenvalue weighted by molar-refractivity contribution is 6.35. The predicted octanol–water partition coefficient (Wildman–Crippen LogP) is 3.10. The Morgan fingerprint density at radius 2 is 2.20 bits per heavy atom. The van der Waals surface area contributed by atoms with Crippen molar-refractivity contribution >= 4 is 22.5 Å². The van der Waals surface area contributed by atoms with Crippen molar-refractivity contribution in [3.8, 4) is 0 Å². The van der Waals surface area contributed by atoms with Gasteiger partial charge >= 0.3 is 0 Å². The molecule has 15 heavy (non-hydrogen) atoms. The third-order valence-corrected chi connectivity index (χ3v) is 3.00.